The Bertz CT molecular complexity index is 227. The minimum Gasteiger partial charge on any atom is -0.492 e. The Labute approximate surface area is 73.3 Å². The highest BCUT2D eigenvalue weighted by atomic mass is 33.1. The number of hydrogen-bond acceptors (Lipinski definition) is 4. The van der Waals surface area contributed by atoms with Crippen LogP contribution in [-0.4, -0.2) is 11.8 Å². The molecule has 0 spiro atoms. The fourth-order valence-corrected chi connectivity index (χ4v) is 2.21. The molecule has 2 heterocycles. The lowest BCUT2D eigenvalue weighted by Crippen LogP contribution is -2.17. The number of nitrogens with zero attached hydrogens (tertiary/aromatic N) is 1. The summed E-state index contributed by atoms with van der Waals surface area (Å²) in [5.41, 5.74) is 1.04. The van der Waals surface area contributed by atoms with Gasteiger partial charge in [0.15, 0.2) is 0 Å². The zero-order chi connectivity index (χ0) is 7.52. The van der Waals surface area contributed by atoms with Gasteiger partial charge in [0.25, 0.3) is 0 Å². The molecule has 2 nitrogen and oxygen atoms in total. The Morgan fingerprint density at radius 3 is 3.27 bits per heavy atom. The van der Waals surface area contributed by atoms with Crippen LogP contribution >= 0.6 is 21.8 Å². The Balaban J connectivity index is 2.04. The first-order chi connectivity index (χ1) is 5.47. The van der Waals surface area contributed by atoms with Crippen molar-refractivity contribution in [2.24, 2.45) is 4.40 Å². The summed E-state index contributed by atoms with van der Waals surface area (Å²) in [7, 11) is 3.13. The monoisotopic (exact) mass is 185 g/mol. The molecule has 2 aliphatic rings. The number of ether oxygens (including phenoxy) is 1. The zero-order valence-corrected chi connectivity index (χ0v) is 7.40. The molecule has 4 heteroatoms. The largest absolute Gasteiger partial charge is 0.492 e. The third-order valence-corrected chi connectivity index (χ3v) is 2.93. The van der Waals surface area contributed by atoms with E-state index in [1.54, 1.807) is 17.1 Å². The van der Waals surface area contributed by atoms with Crippen molar-refractivity contribution in [3.05, 3.63) is 23.8 Å². The van der Waals surface area contributed by atoms with Crippen molar-refractivity contribution in [2.75, 3.05) is 0 Å². The van der Waals surface area contributed by atoms with Crippen molar-refractivity contribution in [3.63, 3.8) is 0 Å². The summed E-state index contributed by atoms with van der Waals surface area (Å²) >= 11 is 0. The van der Waals surface area contributed by atoms with Crippen LogP contribution in [-0.2, 0) is 4.74 Å². The van der Waals surface area contributed by atoms with E-state index in [-0.39, 0.29) is 6.10 Å². The highest BCUT2D eigenvalue weighted by molar-refractivity contribution is 8.77. The molecule has 0 aromatic carbocycles. The van der Waals surface area contributed by atoms with Crippen molar-refractivity contribution in [3.8, 4) is 0 Å². The maximum Gasteiger partial charge on any atom is 0.144 e. The van der Waals surface area contributed by atoms with E-state index >= 15 is 0 Å². The van der Waals surface area contributed by atoms with E-state index < -0.39 is 0 Å². The molecule has 0 N–H and O–H groups in total. The fourth-order valence-electron chi connectivity index (χ4n) is 0.959. The van der Waals surface area contributed by atoms with Gasteiger partial charge in [-0.3, -0.25) is 0 Å². The summed E-state index contributed by atoms with van der Waals surface area (Å²) < 4.78 is 9.56. The molecule has 1 unspecified atom stereocenters. The number of rotatable bonds is 1. The first-order valence-corrected chi connectivity index (χ1v) is 5.51. The summed E-state index contributed by atoms with van der Waals surface area (Å²) in [6.07, 6.45) is 6.90. The van der Waals surface area contributed by atoms with Gasteiger partial charge in [-0.15, -0.1) is 0 Å². The second-order valence-electron chi connectivity index (χ2n) is 2.22. The molecule has 2 rings (SSSR count). The van der Waals surface area contributed by atoms with Gasteiger partial charge in [-0.25, -0.2) is 4.40 Å². The van der Waals surface area contributed by atoms with Crippen LogP contribution in [0.25, 0.3) is 0 Å². The Morgan fingerprint density at radius 1 is 1.64 bits per heavy atom. The highest BCUT2D eigenvalue weighted by Crippen LogP contribution is 2.29. The van der Waals surface area contributed by atoms with Crippen LogP contribution in [0.5, 0.6) is 0 Å². The molecule has 0 bridgehead atoms. The molecular weight excluding hydrogens is 178 g/mol. The highest BCUT2D eigenvalue weighted by Gasteiger charge is 2.17. The van der Waals surface area contributed by atoms with E-state index in [0.717, 1.165) is 12.1 Å². The molecule has 0 aliphatic carbocycles. The molecule has 0 saturated heterocycles. The molecule has 0 saturated carbocycles. The second-order valence-corrected chi connectivity index (χ2v) is 4.04. The number of hydrogen-bond donors (Lipinski definition) is 0. The SMILES string of the molecule is C1=COC(C2=NSSC=C2)C1. The minimum absolute atomic E-state index is 0.166. The molecule has 1 atom stereocenters. The molecule has 2 aliphatic heterocycles. The quantitative estimate of drug-likeness (QED) is 0.463. The van der Waals surface area contributed by atoms with E-state index in [9.17, 15) is 0 Å². The predicted octanol–water partition coefficient (Wildman–Crippen LogP) is 2.55. The van der Waals surface area contributed by atoms with Crippen LogP contribution in [0.2, 0.25) is 0 Å². The summed E-state index contributed by atoms with van der Waals surface area (Å²) in [4.78, 5) is 0. The zero-order valence-electron chi connectivity index (χ0n) is 5.77. The van der Waals surface area contributed by atoms with Gasteiger partial charge in [-0.05, 0) is 28.4 Å². The normalized spacial score (nSPS) is 28.4. The van der Waals surface area contributed by atoms with Gasteiger partial charge in [0.05, 0.1) is 12.0 Å². The maximum atomic E-state index is 5.31. The van der Waals surface area contributed by atoms with Crippen LogP contribution in [0.3, 0.4) is 0 Å². The van der Waals surface area contributed by atoms with Crippen LogP contribution in [0.1, 0.15) is 6.42 Å². The molecule has 11 heavy (non-hydrogen) atoms. The van der Waals surface area contributed by atoms with Crippen LogP contribution < -0.4 is 0 Å². The lowest BCUT2D eigenvalue weighted by atomic mass is 10.2. The standard InChI is InChI=1S/C7H7NOS2/c1-2-7(9-4-1)6-3-5-10-11-8-6/h1,3-5,7H,2H2. The fraction of sp³-hybridized carbons (Fsp3) is 0.286. The summed E-state index contributed by atoms with van der Waals surface area (Å²) in [6, 6.07) is 0. The van der Waals surface area contributed by atoms with Gasteiger partial charge in [-0.2, -0.15) is 0 Å². The van der Waals surface area contributed by atoms with Gasteiger partial charge in [-0.1, -0.05) is 0 Å². The third kappa shape index (κ3) is 1.62. The van der Waals surface area contributed by atoms with Crippen molar-refractivity contribution < 1.29 is 4.74 Å². The minimum atomic E-state index is 0.166. The Hall–Kier alpha value is -0.350. The lowest BCUT2D eigenvalue weighted by molar-refractivity contribution is 0.232. The molecule has 0 fully saturated rings. The molecule has 0 radical (unpaired) electrons. The van der Waals surface area contributed by atoms with Crippen molar-refractivity contribution >= 4 is 27.5 Å². The van der Waals surface area contributed by atoms with Crippen LogP contribution in [0.4, 0.5) is 0 Å². The van der Waals surface area contributed by atoms with Crippen molar-refractivity contribution in [2.45, 2.75) is 12.5 Å². The van der Waals surface area contributed by atoms with Crippen LogP contribution in [0.15, 0.2) is 28.2 Å². The van der Waals surface area contributed by atoms with E-state index in [4.69, 9.17) is 4.74 Å². The average molecular weight is 185 g/mol. The molecule has 58 valence electrons. The molecule has 0 aromatic heterocycles. The first kappa shape index (κ1) is 7.31. The molecule has 0 aromatic rings. The second kappa shape index (κ2) is 3.36. The first-order valence-electron chi connectivity index (χ1n) is 3.34. The predicted molar refractivity (Wildman–Crippen MR) is 50.4 cm³/mol. The third-order valence-electron chi connectivity index (χ3n) is 1.50. The van der Waals surface area contributed by atoms with E-state index in [1.165, 1.54) is 11.0 Å². The van der Waals surface area contributed by atoms with E-state index in [2.05, 4.69) is 4.40 Å². The summed E-state index contributed by atoms with van der Waals surface area (Å²) in [6.45, 7) is 0. The maximum absolute atomic E-state index is 5.31. The van der Waals surface area contributed by atoms with Gasteiger partial charge in [0.2, 0.25) is 0 Å². The van der Waals surface area contributed by atoms with Gasteiger partial charge in [0, 0.05) is 17.4 Å². The smallest absolute Gasteiger partial charge is 0.144 e. The van der Waals surface area contributed by atoms with Gasteiger partial charge >= 0.3 is 0 Å². The van der Waals surface area contributed by atoms with Gasteiger partial charge < -0.3 is 4.74 Å². The topological polar surface area (TPSA) is 21.6 Å². The lowest BCUT2D eigenvalue weighted by Gasteiger charge is -2.11. The van der Waals surface area contributed by atoms with Crippen molar-refractivity contribution in [1.82, 2.24) is 0 Å². The summed E-state index contributed by atoms with van der Waals surface area (Å²) in [5.74, 6) is 0. The van der Waals surface area contributed by atoms with Crippen LogP contribution in [0, 0.1) is 0 Å². The molecule has 0 amide bonds. The Morgan fingerprint density at radius 2 is 2.64 bits per heavy atom. The Kier molecular flexibility index (Phi) is 2.23. The van der Waals surface area contributed by atoms with Gasteiger partial charge in [0.1, 0.15) is 6.10 Å². The summed E-state index contributed by atoms with van der Waals surface area (Å²) in [5, 5.41) is 2.04. The van der Waals surface area contributed by atoms with E-state index in [1.807, 2.05) is 17.6 Å². The van der Waals surface area contributed by atoms with Crippen molar-refractivity contribution in [1.29, 1.82) is 0 Å². The van der Waals surface area contributed by atoms with E-state index in [0.29, 0.717) is 0 Å². The molecular formula is C7H7NOS2. The average Bonchev–Trinajstić information content (AvgIpc) is 2.58.